The predicted molar refractivity (Wildman–Crippen MR) is 71.6 cm³/mol. The minimum Gasteiger partial charge on any atom is -0.444 e. The van der Waals surface area contributed by atoms with Crippen LogP contribution in [0.25, 0.3) is 10.8 Å². The van der Waals surface area contributed by atoms with Crippen LogP contribution in [0.3, 0.4) is 0 Å². The maximum absolute atomic E-state index is 11.7. The van der Waals surface area contributed by atoms with Crippen LogP contribution < -0.4 is 5.32 Å². The fourth-order valence-electron chi connectivity index (χ4n) is 1.62. The van der Waals surface area contributed by atoms with Crippen LogP contribution in [0.2, 0.25) is 0 Å². The summed E-state index contributed by atoms with van der Waals surface area (Å²) in [5, 5.41) is 4.59. The van der Waals surface area contributed by atoms with Crippen LogP contribution in [-0.4, -0.2) is 16.7 Å². The SMILES string of the molecule is CC(C)(C)OC(=O)Nc1nccc2ccccc12. The largest absolute Gasteiger partial charge is 0.444 e. The Kier molecular flexibility index (Phi) is 3.19. The number of hydrogen-bond acceptors (Lipinski definition) is 3. The van der Waals surface area contributed by atoms with Crippen molar-refractivity contribution in [2.75, 3.05) is 5.32 Å². The highest BCUT2D eigenvalue weighted by atomic mass is 16.6. The van der Waals surface area contributed by atoms with Gasteiger partial charge in [-0.25, -0.2) is 9.78 Å². The molecule has 0 bridgehead atoms. The summed E-state index contributed by atoms with van der Waals surface area (Å²) in [4.78, 5) is 15.9. The third-order valence-electron chi connectivity index (χ3n) is 2.29. The molecule has 2 aromatic rings. The van der Waals surface area contributed by atoms with Gasteiger partial charge in [-0.2, -0.15) is 0 Å². The lowest BCUT2D eigenvalue weighted by atomic mass is 10.1. The van der Waals surface area contributed by atoms with Gasteiger partial charge in [0.15, 0.2) is 0 Å². The van der Waals surface area contributed by atoms with Crippen molar-refractivity contribution >= 4 is 22.7 Å². The number of amides is 1. The van der Waals surface area contributed by atoms with Gasteiger partial charge < -0.3 is 4.74 Å². The summed E-state index contributed by atoms with van der Waals surface area (Å²) in [5.74, 6) is 0.516. The first-order chi connectivity index (χ1) is 8.46. The van der Waals surface area contributed by atoms with E-state index >= 15 is 0 Å². The van der Waals surface area contributed by atoms with E-state index in [1.54, 1.807) is 6.20 Å². The predicted octanol–water partition coefficient (Wildman–Crippen LogP) is 3.58. The molecule has 18 heavy (non-hydrogen) atoms. The van der Waals surface area contributed by atoms with Crippen LogP contribution in [0.5, 0.6) is 0 Å². The van der Waals surface area contributed by atoms with Crippen molar-refractivity contribution in [1.29, 1.82) is 0 Å². The number of anilines is 1. The van der Waals surface area contributed by atoms with Gasteiger partial charge in [0.2, 0.25) is 0 Å². The number of carbonyl (C=O) groups is 1. The molecule has 0 atom stereocenters. The number of benzene rings is 1. The normalized spacial score (nSPS) is 11.3. The Morgan fingerprint density at radius 1 is 1.22 bits per heavy atom. The topological polar surface area (TPSA) is 51.2 Å². The van der Waals surface area contributed by atoms with Gasteiger partial charge in [-0.3, -0.25) is 5.32 Å². The molecule has 0 spiro atoms. The lowest BCUT2D eigenvalue weighted by molar-refractivity contribution is 0.0635. The number of hydrogen-bond donors (Lipinski definition) is 1. The standard InChI is InChI=1S/C14H16N2O2/c1-14(2,3)18-13(17)16-12-11-7-5-4-6-10(11)8-9-15-12/h4-9H,1-3H3,(H,15,16,17). The average Bonchev–Trinajstić information content (AvgIpc) is 2.27. The molecule has 0 saturated heterocycles. The van der Waals surface area contributed by atoms with E-state index in [4.69, 9.17) is 4.74 Å². The molecular formula is C14H16N2O2. The zero-order valence-electron chi connectivity index (χ0n) is 10.7. The van der Waals surface area contributed by atoms with Gasteiger partial charge in [0.05, 0.1) is 0 Å². The summed E-state index contributed by atoms with van der Waals surface area (Å²) in [6.07, 6.45) is 1.17. The second-order valence-corrected chi connectivity index (χ2v) is 5.01. The zero-order chi connectivity index (χ0) is 13.2. The minimum absolute atomic E-state index is 0.494. The number of aromatic nitrogens is 1. The Hall–Kier alpha value is -2.10. The molecule has 4 heteroatoms. The molecule has 0 aliphatic heterocycles. The van der Waals surface area contributed by atoms with Crippen LogP contribution >= 0.6 is 0 Å². The number of nitrogens with one attached hydrogen (secondary N) is 1. The maximum atomic E-state index is 11.7. The second-order valence-electron chi connectivity index (χ2n) is 5.01. The molecule has 0 aliphatic carbocycles. The summed E-state index contributed by atoms with van der Waals surface area (Å²) >= 11 is 0. The maximum Gasteiger partial charge on any atom is 0.413 e. The Balaban J connectivity index is 2.24. The molecule has 1 N–H and O–H groups in total. The molecule has 0 radical (unpaired) electrons. The van der Waals surface area contributed by atoms with Crippen LogP contribution in [0.15, 0.2) is 36.5 Å². The summed E-state index contributed by atoms with van der Waals surface area (Å²) < 4.78 is 5.20. The van der Waals surface area contributed by atoms with E-state index in [-0.39, 0.29) is 0 Å². The number of pyridine rings is 1. The third kappa shape index (κ3) is 2.97. The minimum atomic E-state index is -0.519. The van der Waals surface area contributed by atoms with Gasteiger partial charge in [0, 0.05) is 11.6 Å². The molecule has 0 aliphatic rings. The Bertz CT molecular complexity index is 568. The monoisotopic (exact) mass is 244 g/mol. The van der Waals surface area contributed by atoms with Crippen molar-refractivity contribution < 1.29 is 9.53 Å². The van der Waals surface area contributed by atoms with Crippen molar-refractivity contribution in [1.82, 2.24) is 4.98 Å². The second kappa shape index (κ2) is 4.64. The van der Waals surface area contributed by atoms with E-state index in [0.717, 1.165) is 10.8 Å². The summed E-state index contributed by atoms with van der Waals surface area (Å²) in [5.41, 5.74) is -0.519. The molecule has 94 valence electrons. The quantitative estimate of drug-likeness (QED) is 0.834. The molecule has 0 saturated carbocycles. The lowest BCUT2D eigenvalue weighted by Crippen LogP contribution is -2.27. The van der Waals surface area contributed by atoms with Crippen LogP contribution in [0, 0.1) is 0 Å². The Morgan fingerprint density at radius 2 is 1.94 bits per heavy atom. The first-order valence-corrected chi connectivity index (χ1v) is 5.79. The highest BCUT2D eigenvalue weighted by Gasteiger charge is 2.17. The highest BCUT2D eigenvalue weighted by Crippen LogP contribution is 2.21. The molecule has 4 nitrogen and oxygen atoms in total. The summed E-state index contributed by atoms with van der Waals surface area (Å²) in [6, 6.07) is 9.63. The van der Waals surface area contributed by atoms with E-state index in [0.29, 0.717) is 5.82 Å². The van der Waals surface area contributed by atoms with Crippen molar-refractivity contribution in [3.8, 4) is 0 Å². The van der Waals surface area contributed by atoms with E-state index in [2.05, 4.69) is 10.3 Å². The van der Waals surface area contributed by atoms with Gasteiger partial charge in [-0.05, 0) is 32.2 Å². The van der Waals surface area contributed by atoms with Crippen molar-refractivity contribution in [3.63, 3.8) is 0 Å². The number of ether oxygens (including phenoxy) is 1. The highest BCUT2D eigenvalue weighted by molar-refractivity contribution is 5.98. The Labute approximate surface area is 106 Å². The molecule has 1 amide bonds. The smallest absolute Gasteiger partial charge is 0.413 e. The van der Waals surface area contributed by atoms with Crippen molar-refractivity contribution in [2.45, 2.75) is 26.4 Å². The Morgan fingerprint density at radius 3 is 2.67 bits per heavy atom. The first kappa shape index (κ1) is 12.4. The van der Waals surface area contributed by atoms with Crippen LogP contribution in [0.1, 0.15) is 20.8 Å². The zero-order valence-corrected chi connectivity index (χ0v) is 10.7. The first-order valence-electron chi connectivity index (χ1n) is 5.79. The molecule has 1 heterocycles. The molecule has 1 aromatic carbocycles. The average molecular weight is 244 g/mol. The van der Waals surface area contributed by atoms with Gasteiger partial charge >= 0.3 is 6.09 Å². The fraction of sp³-hybridized carbons (Fsp3) is 0.286. The molecule has 0 fully saturated rings. The van der Waals surface area contributed by atoms with Gasteiger partial charge in [-0.1, -0.05) is 24.3 Å². The fourth-order valence-corrected chi connectivity index (χ4v) is 1.62. The van der Waals surface area contributed by atoms with E-state index < -0.39 is 11.7 Å². The van der Waals surface area contributed by atoms with Gasteiger partial charge in [0.25, 0.3) is 0 Å². The van der Waals surface area contributed by atoms with Gasteiger partial charge in [-0.15, -0.1) is 0 Å². The molecule has 1 aromatic heterocycles. The molecular weight excluding hydrogens is 228 g/mol. The number of rotatable bonds is 1. The number of fused-ring (bicyclic) bond motifs is 1. The van der Waals surface area contributed by atoms with E-state index in [1.807, 2.05) is 51.1 Å². The molecule has 2 rings (SSSR count). The van der Waals surface area contributed by atoms with Crippen LogP contribution in [0.4, 0.5) is 10.6 Å². The van der Waals surface area contributed by atoms with Crippen LogP contribution in [-0.2, 0) is 4.74 Å². The van der Waals surface area contributed by atoms with E-state index in [1.165, 1.54) is 0 Å². The number of carbonyl (C=O) groups excluding carboxylic acids is 1. The third-order valence-corrected chi connectivity index (χ3v) is 2.29. The van der Waals surface area contributed by atoms with Gasteiger partial charge in [0.1, 0.15) is 11.4 Å². The van der Waals surface area contributed by atoms with Crippen molar-refractivity contribution in [3.05, 3.63) is 36.5 Å². The lowest BCUT2D eigenvalue weighted by Gasteiger charge is -2.19. The van der Waals surface area contributed by atoms with Crippen molar-refractivity contribution in [2.24, 2.45) is 0 Å². The van der Waals surface area contributed by atoms with E-state index in [9.17, 15) is 4.79 Å². The number of nitrogens with zero attached hydrogens (tertiary/aromatic N) is 1. The molecule has 0 unspecified atom stereocenters. The summed E-state index contributed by atoms with van der Waals surface area (Å²) in [6.45, 7) is 5.47. The summed E-state index contributed by atoms with van der Waals surface area (Å²) in [7, 11) is 0.